The van der Waals surface area contributed by atoms with Crippen LogP contribution in [-0.4, -0.2) is 40.1 Å². The van der Waals surface area contributed by atoms with Crippen LogP contribution in [-0.2, 0) is 9.59 Å². The Kier molecular flexibility index (Phi) is 4.56. The van der Waals surface area contributed by atoms with Gasteiger partial charge in [0.2, 0.25) is 0 Å². The number of amides is 1. The molecule has 0 spiro atoms. The zero-order chi connectivity index (χ0) is 15.6. The van der Waals surface area contributed by atoms with E-state index < -0.39 is 17.6 Å². The molecule has 1 aliphatic heterocycles. The lowest BCUT2D eigenvalue weighted by atomic mass is 9.99. The summed E-state index contributed by atoms with van der Waals surface area (Å²) in [6, 6.07) is 7.20. The van der Waals surface area contributed by atoms with Crippen molar-refractivity contribution in [2.45, 2.75) is 38.3 Å². The number of nitrogens with zero attached hydrogens (tertiary/aromatic N) is 1. The second kappa shape index (κ2) is 6.05. The van der Waals surface area contributed by atoms with Crippen LogP contribution in [0.4, 0.5) is 0 Å². The van der Waals surface area contributed by atoms with Crippen LogP contribution in [0.15, 0.2) is 28.7 Å². The monoisotopic (exact) mass is 355 g/mol. The zero-order valence-corrected chi connectivity index (χ0v) is 13.6. The van der Waals surface area contributed by atoms with Gasteiger partial charge in [0.15, 0.2) is 6.10 Å². The summed E-state index contributed by atoms with van der Waals surface area (Å²) in [4.78, 5) is 25.3. The second-order valence-corrected chi connectivity index (χ2v) is 6.31. The van der Waals surface area contributed by atoms with E-state index in [1.165, 1.54) is 4.90 Å². The standard InChI is InChI=1S/C15H18BrNO4/c1-10(21-12-6-3-5-11(16)9-12)13(18)17-8-4-7-15(17,2)14(19)20/h3,5-6,9-10H,4,7-8H2,1-2H3,(H,19,20). The Morgan fingerprint density at radius 3 is 2.81 bits per heavy atom. The molecular formula is C15H18BrNO4. The Morgan fingerprint density at radius 1 is 1.48 bits per heavy atom. The second-order valence-electron chi connectivity index (χ2n) is 5.39. The van der Waals surface area contributed by atoms with E-state index in [0.717, 1.165) is 4.47 Å². The number of carboxylic acid groups (broad SMARTS) is 1. The van der Waals surface area contributed by atoms with Crippen molar-refractivity contribution in [1.29, 1.82) is 0 Å². The van der Waals surface area contributed by atoms with Crippen LogP contribution >= 0.6 is 15.9 Å². The molecule has 21 heavy (non-hydrogen) atoms. The molecule has 0 aromatic heterocycles. The maximum atomic E-state index is 12.5. The highest BCUT2D eigenvalue weighted by molar-refractivity contribution is 9.10. The lowest BCUT2D eigenvalue weighted by Gasteiger charge is -2.33. The van der Waals surface area contributed by atoms with E-state index in [9.17, 15) is 14.7 Å². The van der Waals surface area contributed by atoms with Gasteiger partial charge in [-0.25, -0.2) is 4.79 Å². The first-order chi connectivity index (χ1) is 9.84. The Morgan fingerprint density at radius 2 is 2.19 bits per heavy atom. The van der Waals surface area contributed by atoms with Crippen LogP contribution in [0.25, 0.3) is 0 Å². The fourth-order valence-electron chi connectivity index (χ4n) is 2.55. The van der Waals surface area contributed by atoms with E-state index in [-0.39, 0.29) is 5.91 Å². The molecule has 5 nitrogen and oxygen atoms in total. The SMILES string of the molecule is CC(Oc1cccc(Br)c1)C(=O)N1CCCC1(C)C(=O)O. The predicted octanol–water partition coefficient (Wildman–Crippen LogP) is 2.68. The Bertz CT molecular complexity index is 562. The number of halogens is 1. The summed E-state index contributed by atoms with van der Waals surface area (Å²) in [5.74, 6) is -0.693. The summed E-state index contributed by atoms with van der Waals surface area (Å²) in [7, 11) is 0. The molecule has 1 aromatic carbocycles. The minimum absolute atomic E-state index is 0.294. The molecule has 0 saturated carbocycles. The van der Waals surface area contributed by atoms with Crippen molar-refractivity contribution in [3.63, 3.8) is 0 Å². The molecule has 2 unspecified atom stereocenters. The highest BCUT2D eigenvalue weighted by Gasteiger charge is 2.47. The molecule has 2 atom stereocenters. The summed E-state index contributed by atoms with van der Waals surface area (Å²) in [5.41, 5.74) is -1.13. The van der Waals surface area contributed by atoms with Gasteiger partial charge in [-0.1, -0.05) is 22.0 Å². The molecule has 0 bridgehead atoms. The normalized spacial score (nSPS) is 22.9. The molecule has 1 heterocycles. The fourth-order valence-corrected chi connectivity index (χ4v) is 2.93. The number of rotatable bonds is 4. The van der Waals surface area contributed by atoms with E-state index in [1.807, 2.05) is 12.1 Å². The third-order valence-corrected chi connectivity index (χ3v) is 4.32. The highest BCUT2D eigenvalue weighted by atomic mass is 79.9. The summed E-state index contributed by atoms with van der Waals surface area (Å²) in [6.07, 6.45) is 0.437. The number of carboxylic acids is 1. The van der Waals surface area contributed by atoms with Crippen LogP contribution in [0.5, 0.6) is 5.75 Å². The Balaban J connectivity index is 2.10. The first-order valence-corrected chi connectivity index (χ1v) is 7.61. The van der Waals surface area contributed by atoms with Crippen LogP contribution < -0.4 is 4.74 Å². The van der Waals surface area contributed by atoms with Gasteiger partial charge in [-0.05, 0) is 44.9 Å². The van der Waals surface area contributed by atoms with Gasteiger partial charge in [-0.2, -0.15) is 0 Å². The van der Waals surface area contributed by atoms with Gasteiger partial charge in [-0.3, -0.25) is 4.79 Å². The van der Waals surface area contributed by atoms with Crippen LogP contribution in [0.2, 0.25) is 0 Å². The van der Waals surface area contributed by atoms with E-state index >= 15 is 0 Å². The van der Waals surface area contributed by atoms with Crippen molar-refractivity contribution >= 4 is 27.8 Å². The summed E-state index contributed by atoms with van der Waals surface area (Å²) in [6.45, 7) is 3.68. The molecule has 1 N–H and O–H groups in total. The molecule has 0 aliphatic carbocycles. The third-order valence-electron chi connectivity index (χ3n) is 3.82. The van der Waals surface area contributed by atoms with Gasteiger partial charge in [0.25, 0.3) is 5.91 Å². The van der Waals surface area contributed by atoms with Crippen molar-refractivity contribution in [1.82, 2.24) is 4.90 Å². The first-order valence-electron chi connectivity index (χ1n) is 6.82. The van der Waals surface area contributed by atoms with Gasteiger partial charge in [0.1, 0.15) is 11.3 Å². The minimum Gasteiger partial charge on any atom is -0.481 e. The quantitative estimate of drug-likeness (QED) is 0.901. The largest absolute Gasteiger partial charge is 0.481 e. The fraction of sp³-hybridized carbons (Fsp3) is 0.467. The van der Waals surface area contributed by atoms with Crippen molar-refractivity contribution in [3.8, 4) is 5.75 Å². The van der Waals surface area contributed by atoms with E-state index in [2.05, 4.69) is 15.9 Å². The van der Waals surface area contributed by atoms with Crippen molar-refractivity contribution in [2.24, 2.45) is 0 Å². The zero-order valence-electron chi connectivity index (χ0n) is 12.0. The molecular weight excluding hydrogens is 338 g/mol. The van der Waals surface area contributed by atoms with Crippen LogP contribution in [0, 0.1) is 0 Å². The maximum absolute atomic E-state index is 12.5. The molecule has 1 fully saturated rings. The molecule has 1 aliphatic rings. The van der Waals surface area contributed by atoms with E-state index in [1.54, 1.807) is 26.0 Å². The topological polar surface area (TPSA) is 66.8 Å². The van der Waals surface area contributed by atoms with Crippen LogP contribution in [0.1, 0.15) is 26.7 Å². The Hall–Kier alpha value is -1.56. The van der Waals surface area contributed by atoms with Crippen molar-refractivity contribution in [2.75, 3.05) is 6.54 Å². The lowest BCUT2D eigenvalue weighted by molar-refractivity contribution is -0.157. The smallest absolute Gasteiger partial charge is 0.329 e. The third kappa shape index (κ3) is 3.20. The van der Waals surface area contributed by atoms with E-state index in [4.69, 9.17) is 4.74 Å². The number of hydrogen-bond donors (Lipinski definition) is 1. The number of benzene rings is 1. The first kappa shape index (κ1) is 15.8. The van der Waals surface area contributed by atoms with Gasteiger partial charge in [0.05, 0.1) is 0 Å². The minimum atomic E-state index is -1.13. The van der Waals surface area contributed by atoms with Crippen molar-refractivity contribution in [3.05, 3.63) is 28.7 Å². The molecule has 114 valence electrons. The number of carbonyl (C=O) groups excluding carboxylic acids is 1. The highest BCUT2D eigenvalue weighted by Crippen LogP contribution is 2.30. The summed E-state index contributed by atoms with van der Waals surface area (Å²) >= 11 is 3.34. The molecule has 1 saturated heterocycles. The molecule has 6 heteroatoms. The van der Waals surface area contributed by atoms with Gasteiger partial charge < -0.3 is 14.7 Å². The average Bonchev–Trinajstić information content (AvgIpc) is 2.81. The van der Waals surface area contributed by atoms with Crippen molar-refractivity contribution < 1.29 is 19.4 Å². The Labute approximate surface area is 132 Å². The van der Waals surface area contributed by atoms with Gasteiger partial charge >= 0.3 is 5.97 Å². The number of hydrogen-bond acceptors (Lipinski definition) is 3. The predicted molar refractivity (Wildman–Crippen MR) is 81.2 cm³/mol. The molecule has 0 radical (unpaired) electrons. The summed E-state index contributed by atoms with van der Waals surface area (Å²) < 4.78 is 6.49. The average molecular weight is 356 g/mol. The number of ether oxygens (including phenoxy) is 1. The number of aliphatic carboxylic acids is 1. The molecule has 1 amide bonds. The summed E-state index contributed by atoms with van der Waals surface area (Å²) in [5, 5.41) is 9.36. The molecule has 1 aromatic rings. The maximum Gasteiger partial charge on any atom is 0.329 e. The van der Waals surface area contributed by atoms with Crippen LogP contribution in [0.3, 0.4) is 0 Å². The molecule has 2 rings (SSSR count). The van der Waals surface area contributed by atoms with Gasteiger partial charge in [0, 0.05) is 11.0 Å². The lowest BCUT2D eigenvalue weighted by Crippen LogP contribution is -2.54. The van der Waals surface area contributed by atoms with Gasteiger partial charge in [-0.15, -0.1) is 0 Å². The van der Waals surface area contributed by atoms with E-state index in [0.29, 0.717) is 25.1 Å². The number of likely N-dealkylation sites (tertiary alicyclic amines) is 1. The number of carbonyl (C=O) groups is 2.